The van der Waals surface area contributed by atoms with E-state index in [1.807, 2.05) is 27.7 Å². The van der Waals surface area contributed by atoms with Gasteiger partial charge in [-0.15, -0.1) is 0 Å². The van der Waals surface area contributed by atoms with Crippen molar-refractivity contribution in [2.45, 2.75) is 84.3 Å². The largest absolute Gasteiger partial charge is 0.460 e. The Morgan fingerprint density at radius 1 is 1.05 bits per heavy atom. The lowest BCUT2D eigenvalue weighted by Crippen LogP contribution is -2.49. The van der Waals surface area contributed by atoms with Crippen LogP contribution in [0, 0.1) is 11.8 Å². The zero-order valence-corrected chi connectivity index (χ0v) is 23.6. The molecule has 1 saturated heterocycles. The van der Waals surface area contributed by atoms with Gasteiger partial charge >= 0.3 is 12.1 Å². The van der Waals surface area contributed by atoms with Gasteiger partial charge in [0, 0.05) is 37.3 Å². The number of nitrogens with zero attached hydrogens (tertiary/aromatic N) is 1. The number of hydrogen-bond donors (Lipinski definition) is 1. The normalized spacial score (nSPS) is 20.3. The molecule has 0 unspecified atom stereocenters. The summed E-state index contributed by atoms with van der Waals surface area (Å²) in [4.78, 5) is 40.8. The molecule has 4 rings (SSSR count). The van der Waals surface area contributed by atoms with E-state index in [4.69, 9.17) is 18.6 Å². The SMILES string of the molecule is CCOCCCOC(=O)c1cc2cc(NC(=O)[C@@H]3[C@H](C4CCCCC4)CCN3C(=O)OC(C)(C)C)ccc2o1. The zero-order valence-electron chi connectivity index (χ0n) is 23.6. The van der Waals surface area contributed by atoms with Crippen LogP contribution in [0.3, 0.4) is 0 Å². The maximum atomic E-state index is 13.7. The van der Waals surface area contributed by atoms with E-state index < -0.39 is 23.7 Å². The van der Waals surface area contributed by atoms with E-state index in [1.165, 1.54) is 6.42 Å². The minimum Gasteiger partial charge on any atom is -0.460 e. The maximum Gasteiger partial charge on any atom is 0.410 e. The van der Waals surface area contributed by atoms with Crippen LogP contribution in [0.4, 0.5) is 10.5 Å². The van der Waals surface area contributed by atoms with Crippen LogP contribution in [0.25, 0.3) is 11.0 Å². The van der Waals surface area contributed by atoms with E-state index in [-0.39, 0.29) is 24.2 Å². The van der Waals surface area contributed by atoms with E-state index in [9.17, 15) is 14.4 Å². The number of benzene rings is 1. The van der Waals surface area contributed by atoms with Gasteiger partial charge in [-0.2, -0.15) is 0 Å². The van der Waals surface area contributed by atoms with Crippen molar-refractivity contribution in [1.82, 2.24) is 4.90 Å². The molecule has 0 radical (unpaired) electrons. The van der Waals surface area contributed by atoms with Gasteiger partial charge in [0.15, 0.2) is 0 Å². The van der Waals surface area contributed by atoms with Crippen LogP contribution in [0.2, 0.25) is 0 Å². The van der Waals surface area contributed by atoms with Crippen LogP contribution < -0.4 is 5.32 Å². The second kappa shape index (κ2) is 12.9. The second-order valence-corrected chi connectivity index (χ2v) is 11.5. The number of rotatable bonds is 9. The Morgan fingerprint density at radius 2 is 1.82 bits per heavy atom. The topological polar surface area (TPSA) is 107 Å². The highest BCUT2D eigenvalue weighted by atomic mass is 16.6. The van der Waals surface area contributed by atoms with Crippen LogP contribution in [-0.2, 0) is 19.0 Å². The quantitative estimate of drug-likeness (QED) is 0.299. The van der Waals surface area contributed by atoms with Crippen molar-refractivity contribution in [3.63, 3.8) is 0 Å². The summed E-state index contributed by atoms with van der Waals surface area (Å²) in [7, 11) is 0. The van der Waals surface area contributed by atoms with E-state index in [0.29, 0.717) is 48.8 Å². The molecule has 0 bridgehead atoms. The van der Waals surface area contributed by atoms with Crippen molar-refractivity contribution >= 4 is 34.6 Å². The second-order valence-electron chi connectivity index (χ2n) is 11.5. The van der Waals surface area contributed by atoms with Crippen molar-refractivity contribution in [2.75, 3.05) is 31.7 Å². The summed E-state index contributed by atoms with van der Waals surface area (Å²) in [5.41, 5.74) is 0.448. The molecule has 1 N–H and O–H groups in total. The lowest BCUT2D eigenvalue weighted by atomic mass is 9.76. The predicted octanol–water partition coefficient (Wildman–Crippen LogP) is 6.16. The Balaban J connectivity index is 1.47. The molecule has 9 heteroatoms. The zero-order chi connectivity index (χ0) is 28.0. The third-order valence-electron chi connectivity index (χ3n) is 7.45. The molecule has 1 saturated carbocycles. The number of esters is 1. The summed E-state index contributed by atoms with van der Waals surface area (Å²) in [6.07, 6.45) is 6.67. The molecule has 1 aliphatic carbocycles. The molecule has 1 aliphatic heterocycles. The molecule has 39 heavy (non-hydrogen) atoms. The molecule has 1 aromatic carbocycles. The van der Waals surface area contributed by atoms with Gasteiger partial charge in [-0.05, 0) is 70.2 Å². The minimum atomic E-state index is -0.643. The fourth-order valence-corrected chi connectivity index (χ4v) is 5.71. The van der Waals surface area contributed by atoms with Gasteiger partial charge in [0.2, 0.25) is 11.7 Å². The number of amides is 2. The summed E-state index contributed by atoms with van der Waals surface area (Å²) in [5.74, 6) is -0.137. The summed E-state index contributed by atoms with van der Waals surface area (Å²) < 4.78 is 21.9. The van der Waals surface area contributed by atoms with Gasteiger partial charge in [0.05, 0.1) is 6.61 Å². The van der Waals surface area contributed by atoms with E-state index >= 15 is 0 Å². The fourth-order valence-electron chi connectivity index (χ4n) is 5.71. The van der Waals surface area contributed by atoms with Crippen LogP contribution in [0.5, 0.6) is 0 Å². The van der Waals surface area contributed by atoms with Gasteiger partial charge in [-0.1, -0.05) is 32.1 Å². The molecule has 2 amide bonds. The monoisotopic (exact) mass is 542 g/mol. The summed E-state index contributed by atoms with van der Waals surface area (Å²) in [5, 5.41) is 3.70. The van der Waals surface area contributed by atoms with E-state index in [2.05, 4.69) is 5.32 Å². The van der Waals surface area contributed by atoms with Crippen molar-refractivity contribution in [3.8, 4) is 0 Å². The Morgan fingerprint density at radius 3 is 2.54 bits per heavy atom. The molecular formula is C30H42N2O7. The third kappa shape index (κ3) is 7.53. The standard InChI is InChI=1S/C30H42N2O7/c1-5-36-16-9-17-37-28(34)25-19-21-18-22(12-13-24(21)38-25)31-27(33)26-23(20-10-7-6-8-11-20)14-15-32(26)29(35)39-30(2,3)4/h12-13,18-20,23,26H,5-11,14-17H2,1-4H3,(H,31,33)/t23-,26-/m0/s1. The third-order valence-corrected chi connectivity index (χ3v) is 7.45. The Bertz CT molecular complexity index is 1150. The number of likely N-dealkylation sites (tertiary alicyclic amines) is 1. The number of anilines is 1. The van der Waals surface area contributed by atoms with Crippen LogP contribution in [0.1, 0.15) is 83.2 Å². The fraction of sp³-hybridized carbons (Fsp3) is 0.633. The lowest BCUT2D eigenvalue weighted by Gasteiger charge is -2.34. The van der Waals surface area contributed by atoms with E-state index in [1.54, 1.807) is 29.2 Å². The first-order chi connectivity index (χ1) is 18.7. The average Bonchev–Trinajstić information content (AvgIpc) is 3.53. The lowest BCUT2D eigenvalue weighted by molar-refractivity contribution is -0.122. The minimum absolute atomic E-state index is 0.0968. The Hall–Kier alpha value is -3.07. The van der Waals surface area contributed by atoms with Gasteiger partial charge in [-0.25, -0.2) is 9.59 Å². The van der Waals surface area contributed by atoms with E-state index in [0.717, 1.165) is 32.1 Å². The number of hydrogen-bond acceptors (Lipinski definition) is 7. The van der Waals surface area contributed by atoms with Gasteiger partial charge in [0.25, 0.3) is 0 Å². The van der Waals surface area contributed by atoms with Gasteiger partial charge in [0.1, 0.15) is 17.2 Å². The summed E-state index contributed by atoms with van der Waals surface area (Å²) >= 11 is 0. The average molecular weight is 543 g/mol. The Kier molecular flexibility index (Phi) is 9.53. The van der Waals surface area contributed by atoms with Crippen molar-refractivity contribution in [2.24, 2.45) is 11.8 Å². The van der Waals surface area contributed by atoms with Crippen LogP contribution in [0.15, 0.2) is 28.7 Å². The van der Waals surface area contributed by atoms with Crippen LogP contribution in [-0.4, -0.2) is 60.9 Å². The molecule has 9 nitrogen and oxygen atoms in total. The van der Waals surface area contributed by atoms with Crippen molar-refractivity contribution in [3.05, 3.63) is 30.0 Å². The number of nitrogens with one attached hydrogen (secondary N) is 1. The number of furan rings is 1. The number of ether oxygens (including phenoxy) is 3. The predicted molar refractivity (Wildman–Crippen MR) is 148 cm³/mol. The van der Waals surface area contributed by atoms with Gasteiger partial charge < -0.3 is 23.9 Å². The van der Waals surface area contributed by atoms with Gasteiger partial charge in [-0.3, -0.25) is 9.69 Å². The summed E-state index contributed by atoms with van der Waals surface area (Å²) in [6.45, 7) is 9.31. The first kappa shape index (κ1) is 28.9. The van der Waals surface area contributed by atoms with Crippen molar-refractivity contribution < 1.29 is 33.0 Å². The molecule has 2 heterocycles. The molecule has 0 spiro atoms. The first-order valence-electron chi connectivity index (χ1n) is 14.2. The smallest absolute Gasteiger partial charge is 0.410 e. The maximum absolute atomic E-state index is 13.7. The highest BCUT2D eigenvalue weighted by Crippen LogP contribution is 2.40. The molecular weight excluding hydrogens is 500 g/mol. The first-order valence-corrected chi connectivity index (χ1v) is 14.2. The Labute approximate surface area is 230 Å². The number of carbonyl (C=O) groups is 3. The van der Waals surface area contributed by atoms with Crippen molar-refractivity contribution in [1.29, 1.82) is 0 Å². The number of fused-ring (bicyclic) bond motifs is 1. The molecule has 214 valence electrons. The highest BCUT2D eigenvalue weighted by molar-refractivity contribution is 5.99. The molecule has 2 aliphatic rings. The molecule has 1 aromatic heterocycles. The number of carbonyl (C=O) groups excluding carboxylic acids is 3. The molecule has 2 atom stereocenters. The summed E-state index contributed by atoms with van der Waals surface area (Å²) in [6, 6.07) is 6.25. The molecule has 2 aromatic rings. The van der Waals surface area contributed by atoms with Crippen LogP contribution >= 0.6 is 0 Å². The molecule has 2 fully saturated rings. The highest BCUT2D eigenvalue weighted by Gasteiger charge is 2.46.